The fraction of sp³-hybridized carbons (Fsp3) is 0.211. The Morgan fingerprint density at radius 2 is 1.92 bits per heavy atom. The van der Waals surface area contributed by atoms with E-state index >= 15 is 0 Å². The predicted molar refractivity (Wildman–Crippen MR) is 92.1 cm³/mol. The van der Waals surface area contributed by atoms with E-state index in [0.29, 0.717) is 29.9 Å². The van der Waals surface area contributed by atoms with Gasteiger partial charge in [0.15, 0.2) is 5.76 Å². The van der Waals surface area contributed by atoms with E-state index in [1.165, 1.54) is 0 Å². The first-order valence-electron chi connectivity index (χ1n) is 7.77. The minimum atomic E-state index is -0.291. The zero-order valence-electron chi connectivity index (χ0n) is 13.6. The van der Waals surface area contributed by atoms with Crippen LogP contribution in [0, 0.1) is 6.92 Å². The lowest BCUT2D eigenvalue weighted by atomic mass is 10.0. The summed E-state index contributed by atoms with van der Waals surface area (Å²) in [5.74, 6) is 0.169. The normalized spacial score (nSPS) is 10.8. The second-order valence-corrected chi connectivity index (χ2v) is 5.78. The molecule has 122 valence electrons. The lowest BCUT2D eigenvalue weighted by molar-refractivity contribution is -0.116. The summed E-state index contributed by atoms with van der Waals surface area (Å²) in [4.78, 5) is 27.5. The van der Waals surface area contributed by atoms with E-state index in [9.17, 15) is 9.59 Å². The molecular weight excluding hydrogens is 304 g/mol. The van der Waals surface area contributed by atoms with Crippen LogP contribution >= 0.6 is 0 Å². The fourth-order valence-corrected chi connectivity index (χ4v) is 2.58. The third-order valence-electron chi connectivity index (χ3n) is 3.91. The van der Waals surface area contributed by atoms with E-state index in [4.69, 9.17) is 4.42 Å². The van der Waals surface area contributed by atoms with Crippen LogP contribution in [0.2, 0.25) is 0 Å². The van der Waals surface area contributed by atoms with Crippen LogP contribution in [0.15, 0.2) is 47.1 Å². The first-order valence-corrected chi connectivity index (χ1v) is 7.77. The van der Waals surface area contributed by atoms with Crippen LogP contribution in [0.5, 0.6) is 0 Å². The molecule has 0 aliphatic rings. The molecule has 0 bridgehead atoms. The summed E-state index contributed by atoms with van der Waals surface area (Å²) < 4.78 is 5.72. The molecule has 5 heteroatoms. The minimum Gasteiger partial charge on any atom is -0.451 e. The zero-order valence-corrected chi connectivity index (χ0v) is 13.6. The SMILES string of the molecule is CC(=O)CCc1ccc2oc(C(=O)Nc3ccncc3)c(C)c2c1. The predicted octanol–water partition coefficient (Wildman–Crippen LogP) is 3.91. The Morgan fingerprint density at radius 1 is 1.17 bits per heavy atom. The molecule has 0 saturated heterocycles. The number of anilines is 1. The number of ketones is 1. The van der Waals surface area contributed by atoms with Gasteiger partial charge < -0.3 is 14.5 Å². The quantitative estimate of drug-likeness (QED) is 0.773. The Hall–Kier alpha value is -2.95. The van der Waals surface area contributed by atoms with Crippen molar-refractivity contribution in [3.8, 4) is 0 Å². The molecule has 0 atom stereocenters. The average Bonchev–Trinajstić information content (AvgIpc) is 2.90. The number of fused-ring (bicyclic) bond motifs is 1. The van der Waals surface area contributed by atoms with Crippen LogP contribution in [0.25, 0.3) is 11.0 Å². The second-order valence-electron chi connectivity index (χ2n) is 5.78. The van der Waals surface area contributed by atoms with Crippen molar-refractivity contribution in [1.29, 1.82) is 0 Å². The molecule has 0 radical (unpaired) electrons. The number of pyridine rings is 1. The number of hydrogen-bond acceptors (Lipinski definition) is 4. The molecule has 0 fully saturated rings. The molecule has 3 rings (SSSR count). The number of amides is 1. The van der Waals surface area contributed by atoms with Gasteiger partial charge in [-0.15, -0.1) is 0 Å². The molecule has 5 nitrogen and oxygen atoms in total. The van der Waals surface area contributed by atoms with Gasteiger partial charge in [-0.1, -0.05) is 6.07 Å². The molecule has 3 aromatic rings. The van der Waals surface area contributed by atoms with Crippen molar-refractivity contribution in [2.45, 2.75) is 26.7 Å². The van der Waals surface area contributed by atoms with Crippen LogP contribution in [-0.2, 0) is 11.2 Å². The Labute approximate surface area is 139 Å². The summed E-state index contributed by atoms with van der Waals surface area (Å²) in [5.41, 5.74) is 3.18. The maximum atomic E-state index is 12.4. The summed E-state index contributed by atoms with van der Waals surface area (Å²) in [5, 5.41) is 3.70. The highest BCUT2D eigenvalue weighted by atomic mass is 16.3. The van der Waals surface area contributed by atoms with Gasteiger partial charge >= 0.3 is 0 Å². The van der Waals surface area contributed by atoms with Crippen LogP contribution in [0.3, 0.4) is 0 Å². The van der Waals surface area contributed by atoms with Crippen LogP contribution < -0.4 is 5.32 Å². The van der Waals surface area contributed by atoms with E-state index < -0.39 is 0 Å². The van der Waals surface area contributed by atoms with Crippen LogP contribution in [-0.4, -0.2) is 16.7 Å². The molecule has 1 aromatic carbocycles. The first-order chi connectivity index (χ1) is 11.5. The van der Waals surface area contributed by atoms with E-state index in [-0.39, 0.29) is 11.7 Å². The molecule has 24 heavy (non-hydrogen) atoms. The van der Waals surface area contributed by atoms with Gasteiger partial charge in [-0.2, -0.15) is 0 Å². The van der Waals surface area contributed by atoms with Gasteiger partial charge in [-0.3, -0.25) is 9.78 Å². The number of nitrogens with one attached hydrogen (secondary N) is 1. The Bertz CT molecular complexity index is 898. The summed E-state index contributed by atoms with van der Waals surface area (Å²) in [7, 11) is 0. The number of hydrogen-bond donors (Lipinski definition) is 1. The lowest BCUT2D eigenvalue weighted by Gasteiger charge is -2.02. The zero-order chi connectivity index (χ0) is 17.1. The van der Waals surface area contributed by atoms with Crippen molar-refractivity contribution in [3.05, 3.63) is 59.6 Å². The van der Waals surface area contributed by atoms with Gasteiger partial charge in [-0.05, 0) is 50.1 Å². The summed E-state index contributed by atoms with van der Waals surface area (Å²) in [6, 6.07) is 9.20. The van der Waals surface area contributed by atoms with Crippen molar-refractivity contribution >= 4 is 28.3 Å². The Balaban J connectivity index is 1.87. The van der Waals surface area contributed by atoms with Crippen LogP contribution in [0.1, 0.15) is 35.0 Å². The minimum absolute atomic E-state index is 0.163. The van der Waals surface area contributed by atoms with Gasteiger partial charge in [0.2, 0.25) is 0 Å². The molecule has 2 heterocycles. The molecule has 2 aromatic heterocycles. The third-order valence-corrected chi connectivity index (χ3v) is 3.91. The number of furan rings is 1. The van der Waals surface area contributed by atoms with E-state index in [0.717, 1.165) is 16.5 Å². The number of rotatable bonds is 5. The standard InChI is InChI=1S/C19H18N2O3/c1-12(22)3-4-14-5-6-17-16(11-14)13(2)18(24-17)19(23)21-15-7-9-20-10-8-15/h5-11H,3-4H2,1-2H3,(H,20,21,23). The maximum absolute atomic E-state index is 12.4. The third kappa shape index (κ3) is 3.35. The molecule has 1 amide bonds. The monoisotopic (exact) mass is 322 g/mol. The van der Waals surface area contributed by atoms with Crippen molar-refractivity contribution in [2.24, 2.45) is 0 Å². The van der Waals surface area contributed by atoms with Gasteiger partial charge in [-0.25, -0.2) is 0 Å². The van der Waals surface area contributed by atoms with Crippen molar-refractivity contribution in [3.63, 3.8) is 0 Å². The molecular formula is C19H18N2O3. The maximum Gasteiger partial charge on any atom is 0.291 e. The topological polar surface area (TPSA) is 72.2 Å². The van der Waals surface area contributed by atoms with Crippen molar-refractivity contribution < 1.29 is 14.0 Å². The van der Waals surface area contributed by atoms with Crippen LogP contribution in [0.4, 0.5) is 5.69 Å². The molecule has 0 aliphatic heterocycles. The number of carbonyl (C=O) groups excluding carboxylic acids is 2. The number of Topliss-reactive ketones (excluding diaryl/α,β-unsaturated/α-hetero) is 1. The Kier molecular flexibility index (Phi) is 4.42. The molecule has 1 N–H and O–H groups in total. The van der Waals surface area contributed by atoms with Gasteiger partial charge in [0, 0.05) is 35.5 Å². The average molecular weight is 322 g/mol. The van der Waals surface area contributed by atoms with Gasteiger partial charge in [0.25, 0.3) is 5.91 Å². The highest BCUT2D eigenvalue weighted by molar-refractivity contribution is 6.06. The molecule has 0 spiro atoms. The number of benzene rings is 1. The van der Waals surface area contributed by atoms with E-state index in [1.807, 2.05) is 25.1 Å². The summed E-state index contributed by atoms with van der Waals surface area (Å²) in [6.07, 6.45) is 4.43. The number of nitrogens with zero attached hydrogens (tertiary/aromatic N) is 1. The van der Waals surface area contributed by atoms with E-state index in [1.54, 1.807) is 31.5 Å². The van der Waals surface area contributed by atoms with E-state index in [2.05, 4.69) is 10.3 Å². The van der Waals surface area contributed by atoms with Gasteiger partial charge in [0.1, 0.15) is 11.4 Å². The largest absolute Gasteiger partial charge is 0.451 e. The summed E-state index contributed by atoms with van der Waals surface area (Å²) in [6.45, 7) is 3.45. The van der Waals surface area contributed by atoms with Crippen molar-refractivity contribution in [1.82, 2.24) is 4.98 Å². The summed E-state index contributed by atoms with van der Waals surface area (Å²) >= 11 is 0. The highest BCUT2D eigenvalue weighted by Gasteiger charge is 2.18. The second kappa shape index (κ2) is 6.66. The van der Waals surface area contributed by atoms with Crippen molar-refractivity contribution in [2.75, 3.05) is 5.32 Å². The Morgan fingerprint density at radius 3 is 2.62 bits per heavy atom. The number of aryl methyl sites for hydroxylation is 2. The fourth-order valence-electron chi connectivity index (χ4n) is 2.58. The lowest BCUT2D eigenvalue weighted by Crippen LogP contribution is -2.12. The first kappa shape index (κ1) is 15.9. The number of aromatic nitrogens is 1. The molecule has 0 unspecified atom stereocenters. The highest BCUT2D eigenvalue weighted by Crippen LogP contribution is 2.27. The smallest absolute Gasteiger partial charge is 0.291 e. The van der Waals surface area contributed by atoms with Gasteiger partial charge in [0.05, 0.1) is 0 Å². The molecule has 0 aliphatic carbocycles. The molecule has 0 saturated carbocycles. The number of carbonyl (C=O) groups is 2.